The van der Waals surface area contributed by atoms with Crippen LogP contribution in [0.1, 0.15) is 23.3 Å². The Morgan fingerprint density at radius 3 is 3.00 bits per heavy atom. The van der Waals surface area contributed by atoms with Crippen LogP contribution in [0.5, 0.6) is 0 Å². The van der Waals surface area contributed by atoms with E-state index in [1.54, 1.807) is 11.3 Å². The van der Waals surface area contributed by atoms with Crippen LogP contribution in [0.3, 0.4) is 0 Å². The summed E-state index contributed by atoms with van der Waals surface area (Å²) in [5, 5.41) is 7.56. The molecular weight excluding hydrogens is 224 g/mol. The molecule has 0 spiro atoms. The van der Waals surface area contributed by atoms with Crippen molar-refractivity contribution in [3.8, 4) is 0 Å². The lowest BCUT2D eigenvalue weighted by atomic mass is 10.1. The van der Waals surface area contributed by atoms with Crippen molar-refractivity contribution in [3.63, 3.8) is 0 Å². The van der Waals surface area contributed by atoms with Crippen molar-refractivity contribution in [3.05, 3.63) is 21.9 Å². The number of hydrogen-bond acceptors (Lipinski definition) is 4. The van der Waals surface area contributed by atoms with Crippen molar-refractivity contribution in [2.45, 2.75) is 32.4 Å². The number of aryl methyl sites for hydroxylation is 1. The second-order valence-electron chi connectivity index (χ2n) is 3.91. The molecule has 16 heavy (non-hydrogen) atoms. The van der Waals surface area contributed by atoms with Gasteiger partial charge in [-0.15, -0.1) is 11.3 Å². The first-order valence-corrected chi connectivity index (χ1v) is 6.15. The highest BCUT2D eigenvalue weighted by Gasteiger charge is 2.25. The molecule has 2 rings (SSSR count). The van der Waals surface area contributed by atoms with Gasteiger partial charge in [-0.05, 0) is 30.4 Å². The van der Waals surface area contributed by atoms with E-state index in [4.69, 9.17) is 0 Å². The maximum atomic E-state index is 11.5. The Labute approximate surface area is 98.0 Å². The Kier molecular flexibility index (Phi) is 3.36. The van der Waals surface area contributed by atoms with Gasteiger partial charge in [0, 0.05) is 17.8 Å². The zero-order valence-corrected chi connectivity index (χ0v) is 9.89. The van der Waals surface area contributed by atoms with E-state index in [0.717, 1.165) is 0 Å². The standard InChI is InChI=1S/C11H14N2O2S/c1-7-4-5-16-9(7)6-12-8-2-3-10(14)13-11(8)15/h4-5,8,12H,2-3,6H2,1H3,(H,13,14,15). The average Bonchev–Trinajstić information content (AvgIpc) is 2.63. The largest absolute Gasteiger partial charge is 0.301 e. The van der Waals surface area contributed by atoms with E-state index in [0.29, 0.717) is 19.4 Å². The highest BCUT2D eigenvalue weighted by molar-refractivity contribution is 7.10. The number of thiophene rings is 1. The van der Waals surface area contributed by atoms with E-state index in [9.17, 15) is 9.59 Å². The zero-order valence-electron chi connectivity index (χ0n) is 9.08. The molecule has 2 N–H and O–H groups in total. The summed E-state index contributed by atoms with van der Waals surface area (Å²) in [6.07, 6.45) is 1.02. The summed E-state index contributed by atoms with van der Waals surface area (Å²) in [4.78, 5) is 23.6. The highest BCUT2D eigenvalue weighted by Crippen LogP contribution is 2.15. The normalized spacial score (nSPS) is 20.9. The van der Waals surface area contributed by atoms with Crippen LogP contribution in [0.4, 0.5) is 0 Å². The third kappa shape index (κ3) is 2.48. The Hall–Kier alpha value is -1.20. The first-order valence-electron chi connectivity index (χ1n) is 5.27. The van der Waals surface area contributed by atoms with Gasteiger partial charge in [0.25, 0.3) is 0 Å². The SMILES string of the molecule is Cc1ccsc1CNC1CCC(=O)NC1=O. The fourth-order valence-electron chi connectivity index (χ4n) is 1.69. The minimum absolute atomic E-state index is 0.171. The molecule has 1 aromatic heterocycles. The molecule has 2 heterocycles. The van der Waals surface area contributed by atoms with E-state index in [2.05, 4.69) is 23.6 Å². The fraction of sp³-hybridized carbons (Fsp3) is 0.455. The van der Waals surface area contributed by atoms with Crippen LogP contribution >= 0.6 is 11.3 Å². The monoisotopic (exact) mass is 238 g/mol. The fourth-order valence-corrected chi connectivity index (χ4v) is 2.55. The minimum Gasteiger partial charge on any atom is -0.301 e. The van der Waals surface area contributed by atoms with Gasteiger partial charge < -0.3 is 5.32 Å². The molecule has 0 aliphatic carbocycles. The number of imide groups is 1. The summed E-state index contributed by atoms with van der Waals surface area (Å²) in [6.45, 7) is 2.74. The van der Waals surface area contributed by atoms with Crippen LogP contribution in [0, 0.1) is 6.92 Å². The highest BCUT2D eigenvalue weighted by atomic mass is 32.1. The van der Waals surface area contributed by atoms with Crippen molar-refractivity contribution in [1.82, 2.24) is 10.6 Å². The molecule has 0 radical (unpaired) electrons. The van der Waals surface area contributed by atoms with Gasteiger partial charge in [-0.3, -0.25) is 14.9 Å². The Balaban J connectivity index is 1.89. The third-order valence-electron chi connectivity index (χ3n) is 2.72. The molecule has 1 fully saturated rings. The van der Waals surface area contributed by atoms with E-state index < -0.39 is 0 Å². The number of nitrogens with one attached hydrogen (secondary N) is 2. The number of piperidine rings is 1. The van der Waals surface area contributed by atoms with Gasteiger partial charge in [-0.25, -0.2) is 0 Å². The number of amides is 2. The Morgan fingerprint density at radius 1 is 1.56 bits per heavy atom. The molecule has 1 saturated heterocycles. The lowest BCUT2D eigenvalue weighted by Crippen LogP contribution is -2.50. The van der Waals surface area contributed by atoms with Crippen LogP contribution in [0.15, 0.2) is 11.4 Å². The maximum Gasteiger partial charge on any atom is 0.243 e. The number of hydrogen-bond donors (Lipinski definition) is 2. The molecule has 86 valence electrons. The Bertz CT molecular complexity index is 414. The summed E-state index contributed by atoms with van der Waals surface area (Å²) < 4.78 is 0. The van der Waals surface area contributed by atoms with Crippen LogP contribution in [0.2, 0.25) is 0 Å². The lowest BCUT2D eigenvalue weighted by Gasteiger charge is -2.21. The van der Waals surface area contributed by atoms with E-state index >= 15 is 0 Å². The molecule has 4 nitrogen and oxygen atoms in total. The molecule has 0 saturated carbocycles. The van der Waals surface area contributed by atoms with Gasteiger partial charge in [0.2, 0.25) is 11.8 Å². The molecule has 1 aliphatic rings. The summed E-state index contributed by atoms with van der Waals surface area (Å²) >= 11 is 1.68. The van der Waals surface area contributed by atoms with Gasteiger partial charge in [0.1, 0.15) is 0 Å². The van der Waals surface area contributed by atoms with Crippen LogP contribution in [-0.2, 0) is 16.1 Å². The van der Waals surface area contributed by atoms with E-state index in [1.165, 1.54) is 10.4 Å². The molecule has 2 amide bonds. The summed E-state index contributed by atoms with van der Waals surface area (Å²) in [5.41, 5.74) is 1.24. The molecule has 5 heteroatoms. The summed E-state index contributed by atoms with van der Waals surface area (Å²) in [5.74, 6) is -0.374. The van der Waals surface area contributed by atoms with Gasteiger partial charge in [0.05, 0.1) is 6.04 Å². The van der Waals surface area contributed by atoms with Crippen molar-refractivity contribution in [2.75, 3.05) is 0 Å². The number of carbonyl (C=O) groups is 2. The molecule has 1 atom stereocenters. The van der Waals surface area contributed by atoms with Crippen LogP contribution in [-0.4, -0.2) is 17.9 Å². The Morgan fingerprint density at radius 2 is 2.38 bits per heavy atom. The third-order valence-corrected chi connectivity index (χ3v) is 3.74. The summed E-state index contributed by atoms with van der Waals surface area (Å²) in [6, 6.07) is 1.82. The lowest BCUT2D eigenvalue weighted by molar-refractivity contribution is -0.134. The minimum atomic E-state index is -0.237. The molecular formula is C11H14N2O2S. The summed E-state index contributed by atoms with van der Waals surface area (Å²) in [7, 11) is 0. The molecule has 1 aliphatic heterocycles. The van der Waals surface area contributed by atoms with Gasteiger partial charge >= 0.3 is 0 Å². The van der Waals surface area contributed by atoms with Crippen LogP contribution in [0.25, 0.3) is 0 Å². The maximum absolute atomic E-state index is 11.5. The second-order valence-corrected chi connectivity index (χ2v) is 4.91. The van der Waals surface area contributed by atoms with Crippen molar-refractivity contribution in [2.24, 2.45) is 0 Å². The number of carbonyl (C=O) groups excluding carboxylic acids is 2. The molecule has 1 aromatic rings. The molecule has 0 bridgehead atoms. The van der Waals surface area contributed by atoms with Gasteiger partial charge in [-0.1, -0.05) is 0 Å². The molecule has 1 unspecified atom stereocenters. The predicted molar refractivity (Wildman–Crippen MR) is 62.1 cm³/mol. The zero-order chi connectivity index (χ0) is 11.5. The quantitative estimate of drug-likeness (QED) is 0.771. The molecule has 0 aromatic carbocycles. The predicted octanol–water partition coefficient (Wildman–Crippen LogP) is 0.951. The van der Waals surface area contributed by atoms with Crippen molar-refractivity contribution in [1.29, 1.82) is 0 Å². The number of rotatable bonds is 3. The van der Waals surface area contributed by atoms with E-state index in [-0.39, 0.29) is 17.9 Å². The smallest absolute Gasteiger partial charge is 0.243 e. The van der Waals surface area contributed by atoms with Crippen LogP contribution < -0.4 is 10.6 Å². The average molecular weight is 238 g/mol. The first-order chi connectivity index (χ1) is 7.66. The van der Waals surface area contributed by atoms with Crippen molar-refractivity contribution < 1.29 is 9.59 Å². The van der Waals surface area contributed by atoms with Gasteiger partial charge in [0.15, 0.2) is 0 Å². The van der Waals surface area contributed by atoms with Crippen molar-refractivity contribution >= 4 is 23.2 Å². The topological polar surface area (TPSA) is 58.2 Å². The van der Waals surface area contributed by atoms with Gasteiger partial charge in [-0.2, -0.15) is 0 Å². The van der Waals surface area contributed by atoms with E-state index in [1.807, 2.05) is 5.38 Å². The second kappa shape index (κ2) is 4.76. The first kappa shape index (κ1) is 11.3.